The minimum absolute atomic E-state index is 0.0294. The SMILES string of the molecule is CC(=O)c1csc(Cn2ncc(-c3nc(C(N)=O)c(-c4ccccc4)o3)n2)n1. The monoisotopic (exact) mass is 394 g/mol. The number of carbonyl (C=O) groups excluding carboxylic acids is 2. The number of nitrogens with two attached hydrogens (primary N) is 1. The molecule has 1 amide bonds. The lowest BCUT2D eigenvalue weighted by molar-refractivity contribution is 0.0992. The van der Waals surface area contributed by atoms with Gasteiger partial charge in [-0.05, 0) is 0 Å². The fraction of sp³-hybridized carbons (Fsp3) is 0.111. The predicted octanol–water partition coefficient (Wildman–Crippen LogP) is 2.41. The molecule has 0 saturated carbocycles. The van der Waals surface area contributed by atoms with Gasteiger partial charge in [0, 0.05) is 17.9 Å². The summed E-state index contributed by atoms with van der Waals surface area (Å²) in [7, 11) is 0. The number of carbonyl (C=O) groups is 2. The number of ketones is 1. The van der Waals surface area contributed by atoms with Gasteiger partial charge in [0.2, 0.25) is 5.89 Å². The zero-order valence-electron chi connectivity index (χ0n) is 14.7. The first-order chi connectivity index (χ1) is 13.5. The van der Waals surface area contributed by atoms with Gasteiger partial charge in [-0.15, -0.1) is 16.4 Å². The van der Waals surface area contributed by atoms with Crippen LogP contribution in [0, 0.1) is 0 Å². The van der Waals surface area contributed by atoms with Crippen LogP contribution in [0.25, 0.3) is 22.9 Å². The van der Waals surface area contributed by atoms with E-state index in [1.54, 1.807) is 17.5 Å². The topological polar surface area (TPSA) is 130 Å². The maximum atomic E-state index is 11.8. The number of benzene rings is 1. The van der Waals surface area contributed by atoms with Crippen LogP contribution < -0.4 is 5.73 Å². The van der Waals surface area contributed by atoms with Gasteiger partial charge in [-0.25, -0.2) is 9.97 Å². The second-order valence-electron chi connectivity index (χ2n) is 5.87. The Labute approximate surface area is 162 Å². The summed E-state index contributed by atoms with van der Waals surface area (Å²) in [4.78, 5) is 33.0. The van der Waals surface area contributed by atoms with Crippen molar-refractivity contribution in [3.8, 4) is 22.9 Å². The van der Waals surface area contributed by atoms with Crippen LogP contribution in [0.4, 0.5) is 0 Å². The molecular weight excluding hydrogens is 380 g/mol. The van der Waals surface area contributed by atoms with Crippen LogP contribution in [0.5, 0.6) is 0 Å². The molecule has 0 radical (unpaired) electrons. The molecule has 0 saturated heterocycles. The fourth-order valence-electron chi connectivity index (χ4n) is 2.52. The van der Waals surface area contributed by atoms with Gasteiger partial charge in [-0.2, -0.15) is 9.90 Å². The van der Waals surface area contributed by atoms with Gasteiger partial charge in [0.05, 0.1) is 6.20 Å². The average molecular weight is 394 g/mol. The summed E-state index contributed by atoms with van der Waals surface area (Å²) in [5, 5.41) is 10.9. The van der Waals surface area contributed by atoms with Crippen molar-refractivity contribution in [3.63, 3.8) is 0 Å². The van der Waals surface area contributed by atoms with E-state index in [-0.39, 0.29) is 23.1 Å². The smallest absolute Gasteiger partial charge is 0.271 e. The number of oxazole rings is 1. The number of primary amides is 1. The first kappa shape index (κ1) is 17.7. The summed E-state index contributed by atoms with van der Waals surface area (Å²) in [6.07, 6.45) is 1.48. The molecule has 0 aliphatic heterocycles. The molecular formula is C18H14N6O3S. The van der Waals surface area contributed by atoms with Gasteiger partial charge in [0.1, 0.15) is 17.2 Å². The van der Waals surface area contributed by atoms with Gasteiger partial charge in [0.15, 0.2) is 22.9 Å². The molecule has 4 rings (SSSR count). The van der Waals surface area contributed by atoms with Crippen LogP contribution in [-0.2, 0) is 6.54 Å². The number of Topliss-reactive ketones (excluding diaryl/α,β-unsaturated/α-hetero) is 1. The Bertz CT molecular complexity index is 1160. The second-order valence-corrected chi connectivity index (χ2v) is 6.81. The third-order valence-corrected chi connectivity index (χ3v) is 4.67. The number of thiazole rings is 1. The molecule has 0 spiro atoms. The molecule has 10 heteroatoms. The van der Waals surface area contributed by atoms with Crippen molar-refractivity contribution < 1.29 is 14.0 Å². The Morgan fingerprint density at radius 1 is 1.21 bits per heavy atom. The number of aromatic nitrogens is 5. The first-order valence-electron chi connectivity index (χ1n) is 8.23. The van der Waals surface area contributed by atoms with Crippen molar-refractivity contribution >= 4 is 23.0 Å². The summed E-state index contributed by atoms with van der Waals surface area (Å²) in [6, 6.07) is 9.08. The van der Waals surface area contributed by atoms with Crippen LogP contribution in [0.3, 0.4) is 0 Å². The van der Waals surface area contributed by atoms with E-state index in [2.05, 4.69) is 20.2 Å². The summed E-state index contributed by atoms with van der Waals surface area (Å²) in [5.41, 5.74) is 6.92. The zero-order chi connectivity index (χ0) is 19.7. The van der Waals surface area contributed by atoms with Crippen molar-refractivity contribution in [3.05, 3.63) is 58.3 Å². The molecule has 4 aromatic rings. The number of nitrogens with zero attached hydrogens (tertiary/aromatic N) is 5. The van der Waals surface area contributed by atoms with Gasteiger partial charge in [0.25, 0.3) is 5.91 Å². The Morgan fingerprint density at radius 2 is 2.00 bits per heavy atom. The van der Waals surface area contributed by atoms with Crippen LogP contribution in [-0.4, -0.2) is 36.7 Å². The Hall–Kier alpha value is -3.66. The molecule has 0 aliphatic carbocycles. The van der Waals surface area contributed by atoms with Gasteiger partial charge in [-0.1, -0.05) is 30.3 Å². The molecule has 1 aromatic carbocycles. The minimum atomic E-state index is -0.694. The lowest BCUT2D eigenvalue weighted by Crippen LogP contribution is -2.12. The van der Waals surface area contributed by atoms with Gasteiger partial charge >= 0.3 is 0 Å². The average Bonchev–Trinajstić information content (AvgIpc) is 3.42. The Kier molecular flexibility index (Phi) is 4.53. The molecule has 0 aliphatic rings. The fourth-order valence-corrected chi connectivity index (χ4v) is 3.33. The molecule has 9 nitrogen and oxygen atoms in total. The quantitative estimate of drug-likeness (QED) is 0.497. The molecule has 140 valence electrons. The third-order valence-electron chi connectivity index (χ3n) is 3.84. The molecule has 0 atom stereocenters. The molecule has 0 fully saturated rings. The highest BCUT2D eigenvalue weighted by Crippen LogP contribution is 2.28. The number of rotatable bonds is 6. The second kappa shape index (κ2) is 7.16. The molecule has 0 unspecified atom stereocenters. The highest BCUT2D eigenvalue weighted by Gasteiger charge is 2.22. The first-order valence-corrected chi connectivity index (χ1v) is 9.11. The maximum Gasteiger partial charge on any atom is 0.271 e. The van der Waals surface area contributed by atoms with E-state index in [0.29, 0.717) is 28.5 Å². The highest BCUT2D eigenvalue weighted by atomic mass is 32.1. The van der Waals surface area contributed by atoms with Crippen LogP contribution in [0.1, 0.15) is 32.9 Å². The van der Waals surface area contributed by atoms with E-state index >= 15 is 0 Å². The Morgan fingerprint density at radius 3 is 2.68 bits per heavy atom. The van der Waals surface area contributed by atoms with Crippen molar-refractivity contribution in [2.75, 3.05) is 0 Å². The molecule has 3 heterocycles. The molecule has 3 aromatic heterocycles. The standard InChI is InChI=1S/C18H14N6O3S/c1-10(25)13-9-28-14(21-13)8-24-20-7-12(23-24)18-22-15(17(19)26)16(27-18)11-5-3-2-4-6-11/h2-7,9H,8H2,1H3,(H2,19,26). The predicted molar refractivity (Wildman–Crippen MR) is 101 cm³/mol. The van der Waals surface area contributed by atoms with E-state index < -0.39 is 5.91 Å². The lowest BCUT2D eigenvalue weighted by atomic mass is 10.1. The lowest BCUT2D eigenvalue weighted by Gasteiger charge is -1.96. The van der Waals surface area contributed by atoms with Crippen LogP contribution >= 0.6 is 11.3 Å². The van der Waals surface area contributed by atoms with Crippen molar-refractivity contribution in [1.82, 2.24) is 25.0 Å². The summed E-state index contributed by atoms with van der Waals surface area (Å²) < 4.78 is 5.76. The highest BCUT2D eigenvalue weighted by molar-refractivity contribution is 7.09. The van der Waals surface area contributed by atoms with Gasteiger partial charge < -0.3 is 10.2 Å². The Balaban J connectivity index is 1.63. The normalized spacial score (nSPS) is 10.9. The summed E-state index contributed by atoms with van der Waals surface area (Å²) >= 11 is 1.35. The number of amides is 1. The van der Waals surface area contributed by atoms with E-state index in [9.17, 15) is 9.59 Å². The van der Waals surface area contributed by atoms with Gasteiger partial charge in [-0.3, -0.25) is 9.59 Å². The minimum Gasteiger partial charge on any atom is -0.434 e. The third kappa shape index (κ3) is 3.45. The number of hydrogen-bond acceptors (Lipinski definition) is 8. The maximum absolute atomic E-state index is 11.8. The van der Waals surface area contributed by atoms with Crippen LogP contribution in [0.15, 0.2) is 46.3 Å². The molecule has 2 N–H and O–H groups in total. The largest absolute Gasteiger partial charge is 0.434 e. The summed E-state index contributed by atoms with van der Waals surface area (Å²) in [5.74, 6) is -0.365. The summed E-state index contributed by atoms with van der Waals surface area (Å²) in [6.45, 7) is 1.76. The van der Waals surface area contributed by atoms with Crippen molar-refractivity contribution in [2.24, 2.45) is 5.73 Å². The van der Waals surface area contributed by atoms with E-state index in [4.69, 9.17) is 10.2 Å². The van der Waals surface area contributed by atoms with E-state index in [1.807, 2.05) is 18.2 Å². The zero-order valence-corrected chi connectivity index (χ0v) is 15.5. The molecule has 28 heavy (non-hydrogen) atoms. The van der Waals surface area contributed by atoms with E-state index in [1.165, 1.54) is 29.3 Å². The number of hydrogen-bond donors (Lipinski definition) is 1. The van der Waals surface area contributed by atoms with Crippen molar-refractivity contribution in [1.29, 1.82) is 0 Å². The van der Waals surface area contributed by atoms with Crippen molar-refractivity contribution in [2.45, 2.75) is 13.5 Å². The van der Waals surface area contributed by atoms with E-state index in [0.717, 1.165) is 0 Å². The molecule has 0 bridgehead atoms. The van der Waals surface area contributed by atoms with Crippen LogP contribution in [0.2, 0.25) is 0 Å².